The van der Waals surface area contributed by atoms with Crippen LogP contribution in [0, 0.1) is 6.92 Å². The van der Waals surface area contributed by atoms with Gasteiger partial charge in [0.15, 0.2) is 0 Å². The summed E-state index contributed by atoms with van der Waals surface area (Å²) in [6.45, 7) is 2.55. The van der Waals surface area contributed by atoms with Crippen molar-refractivity contribution >= 4 is 34.8 Å². The predicted octanol–water partition coefficient (Wildman–Crippen LogP) is 6.01. The van der Waals surface area contributed by atoms with Crippen LogP contribution in [0.2, 0.25) is 4.34 Å². The lowest BCUT2D eigenvalue weighted by molar-refractivity contribution is -0.276. The minimum Gasteiger partial charge on any atom is -0.469 e. The molecule has 41 heavy (non-hydrogen) atoms. The number of benzene rings is 1. The van der Waals surface area contributed by atoms with Crippen LogP contribution in [0.25, 0.3) is 11.3 Å². The number of halogens is 7. The SMILES string of the molecule is COC(=O)Cc1cc(C)n(CC(=O)N2CCC(c3nc(-c4ccc(C(F)(F)F)c(OC(F)(F)F)c4)c(Cl)s3)CC2)n1. The normalized spacial score (nSPS) is 14.8. The molecule has 4 rings (SSSR count). The molecule has 1 aromatic carbocycles. The molecule has 3 heterocycles. The van der Waals surface area contributed by atoms with Gasteiger partial charge in [-0.1, -0.05) is 17.7 Å². The summed E-state index contributed by atoms with van der Waals surface area (Å²) >= 11 is 7.39. The van der Waals surface area contributed by atoms with Crippen LogP contribution in [0.1, 0.15) is 40.7 Å². The van der Waals surface area contributed by atoms with Gasteiger partial charge in [-0.05, 0) is 38.0 Å². The van der Waals surface area contributed by atoms with Gasteiger partial charge in [0.05, 0.1) is 29.8 Å². The van der Waals surface area contributed by atoms with Gasteiger partial charge in [-0.25, -0.2) is 4.98 Å². The Morgan fingerprint density at radius 1 is 1.12 bits per heavy atom. The summed E-state index contributed by atoms with van der Waals surface area (Å²) in [4.78, 5) is 30.5. The van der Waals surface area contributed by atoms with E-state index in [0.717, 1.165) is 17.4 Å². The van der Waals surface area contributed by atoms with E-state index in [9.17, 15) is 35.9 Å². The molecule has 0 saturated carbocycles. The van der Waals surface area contributed by atoms with E-state index in [-0.39, 0.29) is 40.4 Å². The van der Waals surface area contributed by atoms with E-state index in [1.807, 2.05) is 0 Å². The van der Waals surface area contributed by atoms with Gasteiger partial charge in [0.2, 0.25) is 5.91 Å². The first-order chi connectivity index (χ1) is 19.1. The number of alkyl halides is 6. The number of hydrogen-bond acceptors (Lipinski definition) is 7. The van der Waals surface area contributed by atoms with Gasteiger partial charge in [0.25, 0.3) is 0 Å². The Hall–Kier alpha value is -3.33. The fourth-order valence-corrected chi connectivity index (χ4v) is 5.80. The van der Waals surface area contributed by atoms with Crippen molar-refractivity contribution in [1.29, 1.82) is 0 Å². The van der Waals surface area contributed by atoms with Gasteiger partial charge in [-0.3, -0.25) is 14.3 Å². The average Bonchev–Trinajstić information content (AvgIpc) is 3.43. The Balaban J connectivity index is 1.43. The summed E-state index contributed by atoms with van der Waals surface area (Å²) in [6, 6.07) is 3.81. The van der Waals surface area contributed by atoms with Gasteiger partial charge in [-0.2, -0.15) is 18.3 Å². The molecule has 1 saturated heterocycles. The van der Waals surface area contributed by atoms with Gasteiger partial charge >= 0.3 is 18.5 Å². The second kappa shape index (κ2) is 11.9. The number of hydrogen-bond donors (Lipinski definition) is 0. The third-order valence-electron chi connectivity index (χ3n) is 6.46. The van der Waals surface area contributed by atoms with E-state index < -0.39 is 29.8 Å². The zero-order chi connectivity index (χ0) is 30.1. The number of esters is 1. The monoisotopic (exact) mass is 624 g/mol. The third-order valence-corrected chi connectivity index (χ3v) is 7.87. The number of rotatable bonds is 7. The molecular weight excluding hydrogens is 602 g/mol. The molecule has 0 aliphatic carbocycles. The van der Waals surface area contributed by atoms with Crippen molar-refractivity contribution in [3.8, 4) is 17.0 Å². The molecule has 1 aliphatic rings. The second-order valence-corrected chi connectivity index (χ2v) is 10.9. The lowest BCUT2D eigenvalue weighted by Gasteiger charge is -2.31. The molecule has 1 fully saturated rings. The molecule has 0 unspecified atom stereocenters. The van der Waals surface area contributed by atoms with Gasteiger partial charge < -0.3 is 14.4 Å². The van der Waals surface area contributed by atoms with Gasteiger partial charge in [-0.15, -0.1) is 24.5 Å². The number of likely N-dealkylation sites (tertiary alicyclic amines) is 1. The first-order valence-electron chi connectivity index (χ1n) is 12.2. The van der Waals surface area contributed by atoms with E-state index in [0.29, 0.717) is 54.5 Å². The summed E-state index contributed by atoms with van der Waals surface area (Å²) in [5.41, 5.74) is -0.389. The highest BCUT2D eigenvalue weighted by molar-refractivity contribution is 7.16. The van der Waals surface area contributed by atoms with Crippen molar-refractivity contribution in [3.05, 3.63) is 50.6 Å². The maximum absolute atomic E-state index is 13.2. The standard InChI is InChI=1S/C25H23ClF6N4O4S/c1-13-9-16(11-20(38)39-2)34-36(13)12-19(37)35-7-5-14(6-8-35)23-33-21(22(26)41-23)15-3-4-17(24(27,28)29)18(10-15)40-25(30,31)32/h3-4,9-10,14H,5-8,11-12H2,1-2H3. The molecule has 0 bridgehead atoms. The number of amides is 1. The number of piperidine rings is 1. The zero-order valence-corrected chi connectivity index (χ0v) is 23.2. The number of aryl methyl sites for hydroxylation is 1. The van der Waals surface area contributed by atoms with Crippen molar-refractivity contribution in [1.82, 2.24) is 19.7 Å². The lowest BCUT2D eigenvalue weighted by Crippen LogP contribution is -2.40. The summed E-state index contributed by atoms with van der Waals surface area (Å²) in [6.07, 6.45) is -9.36. The molecule has 8 nitrogen and oxygen atoms in total. The van der Waals surface area contributed by atoms with Crippen LogP contribution >= 0.6 is 22.9 Å². The number of aromatic nitrogens is 3. The van der Waals surface area contributed by atoms with Crippen LogP contribution < -0.4 is 4.74 Å². The highest BCUT2D eigenvalue weighted by atomic mass is 35.5. The molecule has 3 aromatic rings. The fourth-order valence-electron chi connectivity index (χ4n) is 4.43. The molecule has 16 heteroatoms. The van der Waals surface area contributed by atoms with Crippen molar-refractivity contribution in [2.24, 2.45) is 0 Å². The van der Waals surface area contributed by atoms with Crippen molar-refractivity contribution in [2.45, 2.75) is 51.2 Å². The van der Waals surface area contributed by atoms with Crippen LogP contribution in [0.15, 0.2) is 24.3 Å². The molecule has 0 radical (unpaired) electrons. The number of thiazole rings is 1. The molecule has 1 amide bonds. The summed E-state index contributed by atoms with van der Waals surface area (Å²) in [5, 5.41) is 4.85. The molecule has 0 N–H and O–H groups in total. The zero-order valence-electron chi connectivity index (χ0n) is 21.6. The van der Waals surface area contributed by atoms with E-state index in [4.69, 9.17) is 11.6 Å². The minimum absolute atomic E-state index is 0.00851. The Kier molecular flexibility index (Phi) is 8.87. The Morgan fingerprint density at radius 3 is 2.41 bits per heavy atom. The van der Waals surface area contributed by atoms with E-state index in [1.165, 1.54) is 11.8 Å². The first kappa shape index (κ1) is 30.6. The maximum atomic E-state index is 13.2. The van der Waals surface area contributed by atoms with E-state index >= 15 is 0 Å². The first-order valence-corrected chi connectivity index (χ1v) is 13.4. The molecule has 0 spiro atoms. The topological polar surface area (TPSA) is 86.6 Å². The fraction of sp³-hybridized carbons (Fsp3) is 0.440. The molecule has 0 atom stereocenters. The van der Waals surface area contributed by atoms with Crippen molar-refractivity contribution in [3.63, 3.8) is 0 Å². The molecule has 1 aliphatic heterocycles. The Bertz CT molecular complexity index is 1430. The lowest BCUT2D eigenvalue weighted by atomic mass is 9.97. The summed E-state index contributed by atoms with van der Waals surface area (Å²) in [7, 11) is 1.28. The summed E-state index contributed by atoms with van der Waals surface area (Å²) < 4.78 is 88.0. The van der Waals surface area contributed by atoms with Crippen molar-refractivity contribution < 1.29 is 45.4 Å². The molecular formula is C25H23ClF6N4O4S. The smallest absolute Gasteiger partial charge is 0.469 e. The highest BCUT2D eigenvalue weighted by Crippen LogP contribution is 2.43. The summed E-state index contributed by atoms with van der Waals surface area (Å²) in [5.74, 6) is -2.13. The number of carbonyl (C=O) groups is 2. The van der Waals surface area contributed by atoms with Crippen LogP contribution in [-0.2, 0) is 33.5 Å². The maximum Gasteiger partial charge on any atom is 0.573 e. The van der Waals surface area contributed by atoms with Crippen LogP contribution in [-0.4, -0.2) is 58.1 Å². The van der Waals surface area contributed by atoms with Gasteiger partial charge in [0, 0.05) is 30.3 Å². The van der Waals surface area contributed by atoms with E-state index in [2.05, 4.69) is 19.6 Å². The van der Waals surface area contributed by atoms with Crippen LogP contribution in [0.4, 0.5) is 26.3 Å². The molecule has 2 aromatic heterocycles. The van der Waals surface area contributed by atoms with Crippen LogP contribution in [0.5, 0.6) is 5.75 Å². The Morgan fingerprint density at radius 2 is 1.80 bits per heavy atom. The third kappa shape index (κ3) is 7.50. The highest BCUT2D eigenvalue weighted by Gasteiger charge is 2.40. The predicted molar refractivity (Wildman–Crippen MR) is 135 cm³/mol. The molecule has 222 valence electrons. The average molecular weight is 625 g/mol. The Labute approximate surface area is 238 Å². The van der Waals surface area contributed by atoms with Crippen LogP contribution in [0.3, 0.4) is 0 Å². The number of ether oxygens (including phenoxy) is 2. The minimum atomic E-state index is -5.33. The second-order valence-electron chi connectivity index (χ2n) is 9.27. The number of carbonyl (C=O) groups excluding carboxylic acids is 2. The van der Waals surface area contributed by atoms with Crippen molar-refractivity contribution in [2.75, 3.05) is 20.2 Å². The van der Waals surface area contributed by atoms with E-state index in [1.54, 1.807) is 17.9 Å². The number of nitrogens with zero attached hydrogens (tertiary/aromatic N) is 4. The quantitative estimate of drug-likeness (QED) is 0.237. The number of methoxy groups -OCH3 is 1. The van der Waals surface area contributed by atoms with Gasteiger partial charge in [0.1, 0.15) is 22.3 Å². The largest absolute Gasteiger partial charge is 0.573 e.